The molecule has 0 saturated carbocycles. The highest BCUT2D eigenvalue weighted by molar-refractivity contribution is 5.94. The summed E-state index contributed by atoms with van der Waals surface area (Å²) < 4.78 is 14.9. The topological polar surface area (TPSA) is 55.1 Å². The molecule has 2 aromatic heterocycles. The standard InChI is InChI=1S/C14H9FN2O2/c15-11-6-12(8-16-7-11)17-4-3-9-5-10(14(18)19)1-2-13(9)17/h1-8H,(H,18,19). The van der Waals surface area contributed by atoms with E-state index in [1.807, 2.05) is 0 Å². The molecule has 4 nitrogen and oxygen atoms in total. The van der Waals surface area contributed by atoms with Crippen LogP contribution in [0.15, 0.2) is 48.9 Å². The molecule has 0 bridgehead atoms. The molecule has 0 atom stereocenters. The number of halogens is 1. The maximum Gasteiger partial charge on any atom is 0.335 e. The monoisotopic (exact) mass is 256 g/mol. The van der Waals surface area contributed by atoms with Crippen LogP contribution in [-0.2, 0) is 0 Å². The van der Waals surface area contributed by atoms with Gasteiger partial charge < -0.3 is 9.67 Å². The number of pyridine rings is 1. The summed E-state index contributed by atoms with van der Waals surface area (Å²) in [6.07, 6.45) is 4.44. The van der Waals surface area contributed by atoms with Crippen molar-refractivity contribution < 1.29 is 14.3 Å². The summed E-state index contributed by atoms with van der Waals surface area (Å²) in [4.78, 5) is 14.7. The number of hydrogen-bond acceptors (Lipinski definition) is 2. The van der Waals surface area contributed by atoms with Crippen LogP contribution in [0.4, 0.5) is 4.39 Å². The van der Waals surface area contributed by atoms with Crippen molar-refractivity contribution in [3.05, 3.63) is 60.3 Å². The first-order chi connectivity index (χ1) is 9.15. The second kappa shape index (κ2) is 4.20. The molecule has 0 aliphatic heterocycles. The SMILES string of the molecule is O=C(O)c1ccc2c(ccn2-c2cncc(F)c2)c1. The number of carboxylic acid groups (broad SMARTS) is 1. The molecule has 0 saturated heterocycles. The van der Waals surface area contributed by atoms with Crippen molar-refractivity contribution in [2.24, 2.45) is 0 Å². The number of carbonyl (C=O) groups is 1. The first-order valence-electron chi connectivity index (χ1n) is 5.60. The van der Waals surface area contributed by atoms with Gasteiger partial charge in [-0.25, -0.2) is 9.18 Å². The Kier molecular flexibility index (Phi) is 2.52. The molecule has 0 amide bonds. The van der Waals surface area contributed by atoms with E-state index in [4.69, 9.17) is 5.11 Å². The van der Waals surface area contributed by atoms with E-state index in [-0.39, 0.29) is 5.56 Å². The zero-order valence-electron chi connectivity index (χ0n) is 9.75. The number of benzene rings is 1. The smallest absolute Gasteiger partial charge is 0.335 e. The molecular formula is C14H9FN2O2. The number of aromatic carboxylic acids is 1. The Labute approximate surface area is 107 Å². The molecule has 19 heavy (non-hydrogen) atoms. The third-order valence-corrected chi connectivity index (χ3v) is 2.91. The van der Waals surface area contributed by atoms with E-state index in [0.717, 1.165) is 17.1 Å². The molecule has 0 aliphatic carbocycles. The van der Waals surface area contributed by atoms with Crippen LogP contribution < -0.4 is 0 Å². The second-order valence-corrected chi connectivity index (χ2v) is 4.13. The largest absolute Gasteiger partial charge is 0.478 e. The minimum atomic E-state index is -0.970. The second-order valence-electron chi connectivity index (χ2n) is 4.13. The number of aromatic nitrogens is 2. The van der Waals surface area contributed by atoms with Gasteiger partial charge in [0.1, 0.15) is 5.82 Å². The molecular weight excluding hydrogens is 247 g/mol. The highest BCUT2D eigenvalue weighted by Crippen LogP contribution is 2.21. The first-order valence-corrected chi connectivity index (χ1v) is 5.60. The van der Waals surface area contributed by atoms with Crippen LogP contribution in [0.25, 0.3) is 16.6 Å². The molecule has 94 valence electrons. The number of carboxylic acids is 1. The number of nitrogens with zero attached hydrogens (tertiary/aromatic N) is 2. The molecule has 0 aliphatic rings. The van der Waals surface area contributed by atoms with Crippen LogP contribution in [0.1, 0.15) is 10.4 Å². The average Bonchev–Trinajstić information content (AvgIpc) is 2.81. The van der Waals surface area contributed by atoms with Crippen LogP contribution in [-0.4, -0.2) is 20.6 Å². The van der Waals surface area contributed by atoms with Gasteiger partial charge in [-0.05, 0) is 24.3 Å². The van der Waals surface area contributed by atoms with Crippen molar-refractivity contribution in [3.8, 4) is 5.69 Å². The zero-order chi connectivity index (χ0) is 13.4. The Balaban J connectivity index is 2.18. The lowest BCUT2D eigenvalue weighted by molar-refractivity contribution is 0.0697. The Morgan fingerprint density at radius 1 is 1.21 bits per heavy atom. The lowest BCUT2D eigenvalue weighted by Crippen LogP contribution is -1.97. The van der Waals surface area contributed by atoms with Crippen molar-refractivity contribution in [3.63, 3.8) is 0 Å². The van der Waals surface area contributed by atoms with E-state index in [1.54, 1.807) is 35.2 Å². The zero-order valence-corrected chi connectivity index (χ0v) is 9.75. The maximum atomic E-state index is 13.2. The first kappa shape index (κ1) is 11.4. The van der Waals surface area contributed by atoms with Crippen molar-refractivity contribution in [1.82, 2.24) is 9.55 Å². The van der Waals surface area contributed by atoms with Crippen molar-refractivity contribution in [1.29, 1.82) is 0 Å². The van der Waals surface area contributed by atoms with E-state index in [0.29, 0.717) is 5.69 Å². The van der Waals surface area contributed by atoms with Gasteiger partial charge in [0.25, 0.3) is 0 Å². The van der Waals surface area contributed by atoms with Gasteiger partial charge in [0.2, 0.25) is 0 Å². The fourth-order valence-corrected chi connectivity index (χ4v) is 2.03. The molecule has 0 radical (unpaired) electrons. The molecule has 1 N–H and O–H groups in total. The van der Waals surface area contributed by atoms with Crippen LogP contribution in [0.2, 0.25) is 0 Å². The summed E-state index contributed by atoms with van der Waals surface area (Å²) >= 11 is 0. The molecule has 3 rings (SSSR count). The number of rotatable bonds is 2. The molecule has 1 aromatic carbocycles. The normalized spacial score (nSPS) is 10.8. The molecule has 0 fully saturated rings. The Morgan fingerprint density at radius 3 is 2.79 bits per heavy atom. The summed E-state index contributed by atoms with van der Waals surface area (Å²) in [5.74, 6) is -1.39. The van der Waals surface area contributed by atoms with E-state index in [9.17, 15) is 9.18 Å². The highest BCUT2D eigenvalue weighted by atomic mass is 19.1. The van der Waals surface area contributed by atoms with Gasteiger partial charge in [0.15, 0.2) is 0 Å². The van der Waals surface area contributed by atoms with Gasteiger partial charge in [0, 0.05) is 17.6 Å². The van der Waals surface area contributed by atoms with Crippen molar-refractivity contribution in [2.75, 3.05) is 0 Å². The highest BCUT2D eigenvalue weighted by Gasteiger charge is 2.08. The molecule has 2 heterocycles. The Hall–Kier alpha value is -2.69. The van der Waals surface area contributed by atoms with Crippen molar-refractivity contribution >= 4 is 16.9 Å². The lowest BCUT2D eigenvalue weighted by Gasteiger charge is -2.05. The summed E-state index contributed by atoms with van der Waals surface area (Å²) in [5, 5.41) is 9.72. The predicted octanol–water partition coefficient (Wildman–Crippen LogP) is 2.86. The fraction of sp³-hybridized carbons (Fsp3) is 0. The quantitative estimate of drug-likeness (QED) is 0.767. The van der Waals surface area contributed by atoms with Crippen LogP contribution >= 0.6 is 0 Å². The summed E-state index contributed by atoms with van der Waals surface area (Å²) in [6.45, 7) is 0. The third-order valence-electron chi connectivity index (χ3n) is 2.91. The van der Waals surface area contributed by atoms with Gasteiger partial charge >= 0.3 is 5.97 Å². The summed E-state index contributed by atoms with van der Waals surface area (Å²) in [7, 11) is 0. The predicted molar refractivity (Wildman–Crippen MR) is 68.0 cm³/mol. The van der Waals surface area contributed by atoms with E-state index < -0.39 is 11.8 Å². The van der Waals surface area contributed by atoms with E-state index in [2.05, 4.69) is 4.98 Å². The fourth-order valence-electron chi connectivity index (χ4n) is 2.03. The van der Waals surface area contributed by atoms with Crippen LogP contribution in [0.5, 0.6) is 0 Å². The molecule has 3 aromatic rings. The van der Waals surface area contributed by atoms with Crippen molar-refractivity contribution in [2.45, 2.75) is 0 Å². The van der Waals surface area contributed by atoms with Crippen LogP contribution in [0.3, 0.4) is 0 Å². The maximum absolute atomic E-state index is 13.2. The van der Waals surface area contributed by atoms with Gasteiger partial charge in [-0.2, -0.15) is 0 Å². The minimum Gasteiger partial charge on any atom is -0.478 e. The Bertz CT molecular complexity index is 780. The van der Waals surface area contributed by atoms with Gasteiger partial charge in [0.05, 0.1) is 29.2 Å². The van der Waals surface area contributed by atoms with E-state index in [1.165, 1.54) is 12.1 Å². The van der Waals surface area contributed by atoms with Gasteiger partial charge in [-0.3, -0.25) is 4.98 Å². The summed E-state index contributed by atoms with van der Waals surface area (Å²) in [5.41, 5.74) is 1.62. The minimum absolute atomic E-state index is 0.225. The summed E-state index contributed by atoms with van der Waals surface area (Å²) in [6, 6.07) is 7.96. The van der Waals surface area contributed by atoms with Gasteiger partial charge in [-0.15, -0.1) is 0 Å². The van der Waals surface area contributed by atoms with Gasteiger partial charge in [-0.1, -0.05) is 0 Å². The lowest BCUT2D eigenvalue weighted by atomic mass is 10.1. The number of fused-ring (bicyclic) bond motifs is 1. The average molecular weight is 256 g/mol. The Morgan fingerprint density at radius 2 is 2.05 bits per heavy atom. The van der Waals surface area contributed by atoms with Crippen LogP contribution in [0, 0.1) is 5.82 Å². The third kappa shape index (κ3) is 1.95. The number of hydrogen-bond donors (Lipinski definition) is 1. The molecule has 5 heteroatoms. The van der Waals surface area contributed by atoms with E-state index >= 15 is 0 Å². The molecule has 0 spiro atoms. The molecule has 0 unspecified atom stereocenters.